The molecule has 2 aromatic carbocycles. The summed E-state index contributed by atoms with van der Waals surface area (Å²) in [6.07, 6.45) is 6.11. The molecule has 1 fully saturated rings. The smallest absolute Gasteiger partial charge is 0.141 e. The summed E-state index contributed by atoms with van der Waals surface area (Å²) in [6.45, 7) is 9.65. The number of rotatable bonds is 7. The number of piperazine rings is 1. The second-order valence-corrected chi connectivity index (χ2v) is 9.68. The number of benzene rings is 2. The Kier molecular flexibility index (Phi) is 14.3. The number of pyridine rings is 1. The van der Waals surface area contributed by atoms with Crippen LogP contribution in [-0.2, 0) is 12.8 Å². The van der Waals surface area contributed by atoms with Gasteiger partial charge in [-0.1, -0.05) is 31.2 Å². The van der Waals surface area contributed by atoms with Crippen molar-refractivity contribution in [2.24, 2.45) is 0 Å². The average Bonchev–Trinajstić information content (AvgIpc) is 2.87. The van der Waals surface area contributed by atoms with E-state index in [2.05, 4.69) is 44.8 Å². The highest BCUT2D eigenvalue weighted by Gasteiger charge is 2.26. The zero-order chi connectivity index (χ0) is 23.5. The molecule has 10 heteroatoms. The van der Waals surface area contributed by atoms with E-state index in [1.54, 1.807) is 12.3 Å². The van der Waals surface area contributed by atoms with E-state index in [1.807, 2.05) is 18.2 Å². The molecule has 1 aliphatic carbocycles. The highest BCUT2D eigenvalue weighted by Crippen LogP contribution is 2.32. The summed E-state index contributed by atoms with van der Waals surface area (Å²) < 4.78 is 0. The third kappa shape index (κ3) is 7.50. The molecule has 1 atom stereocenters. The van der Waals surface area contributed by atoms with Crippen LogP contribution in [0.2, 0.25) is 0 Å². The van der Waals surface area contributed by atoms with E-state index in [-0.39, 0.29) is 55.4 Å². The van der Waals surface area contributed by atoms with Gasteiger partial charge in [-0.05, 0) is 61.6 Å². The highest BCUT2D eigenvalue weighted by atomic mass is 35.5. The fraction of sp³-hybridized carbons (Fsp3) is 0.464. The number of hydrogen-bond acceptors (Lipinski definition) is 6. The Morgan fingerprint density at radius 2 is 1.61 bits per heavy atom. The number of phenolic OH excluding ortho intramolecular Hbond substituents is 2. The Morgan fingerprint density at radius 3 is 2.34 bits per heavy atom. The highest BCUT2D eigenvalue weighted by molar-refractivity contribution is 5.95. The number of aromatic nitrogens is 1. The molecule has 3 aromatic rings. The number of aromatic hydroxyl groups is 2. The molecule has 0 spiro atoms. The summed E-state index contributed by atoms with van der Waals surface area (Å²) in [4.78, 5) is 12.1. The topological polar surface area (TPSA) is 63.1 Å². The first-order chi connectivity index (χ1) is 16.6. The lowest BCUT2D eigenvalue weighted by Gasteiger charge is -2.39. The standard InChI is InChI=1S/C28H36N4O2.4ClH/c1-2-13-31(22-9-10-23-21(20-22)5-3-7-26(23)33)17-14-30-15-18-32(19-16-30)25-11-12-29-28-24(25)6-4-8-27(28)34;;;;/h3-8,11-12,22,33-34H,2,9-10,13-20H2,1H3;4*1H/t22-;;;;/m1..../s1. The zero-order valence-corrected chi connectivity index (χ0v) is 25.1. The van der Waals surface area contributed by atoms with E-state index in [4.69, 9.17) is 0 Å². The number of nitrogens with zero attached hydrogens (tertiary/aromatic N) is 4. The van der Waals surface area contributed by atoms with Crippen molar-refractivity contribution in [2.75, 3.05) is 50.7 Å². The fourth-order valence-electron chi connectivity index (χ4n) is 5.75. The van der Waals surface area contributed by atoms with Gasteiger partial charge in [0.1, 0.15) is 17.0 Å². The summed E-state index contributed by atoms with van der Waals surface area (Å²) in [5.41, 5.74) is 4.32. The first kappa shape index (κ1) is 34.4. The van der Waals surface area contributed by atoms with Crippen LogP contribution in [0.25, 0.3) is 10.9 Å². The average molecular weight is 606 g/mol. The van der Waals surface area contributed by atoms with Crippen LogP contribution < -0.4 is 4.90 Å². The van der Waals surface area contributed by atoms with Gasteiger partial charge in [0.05, 0.1) is 0 Å². The normalized spacial score (nSPS) is 17.0. The maximum Gasteiger partial charge on any atom is 0.141 e. The zero-order valence-electron chi connectivity index (χ0n) is 21.8. The van der Waals surface area contributed by atoms with Crippen molar-refractivity contribution in [3.05, 3.63) is 59.8 Å². The lowest BCUT2D eigenvalue weighted by Crippen LogP contribution is -2.50. The van der Waals surface area contributed by atoms with Crippen molar-refractivity contribution in [3.63, 3.8) is 0 Å². The molecule has 2 heterocycles. The maximum atomic E-state index is 10.2. The Morgan fingerprint density at radius 1 is 0.895 bits per heavy atom. The van der Waals surface area contributed by atoms with E-state index in [9.17, 15) is 10.2 Å². The second kappa shape index (κ2) is 15.8. The number of halogens is 4. The van der Waals surface area contributed by atoms with Crippen LogP contribution in [0.1, 0.15) is 30.9 Å². The fourth-order valence-corrected chi connectivity index (χ4v) is 5.75. The molecule has 0 amide bonds. The Bertz CT molecular complexity index is 1150. The molecule has 38 heavy (non-hydrogen) atoms. The van der Waals surface area contributed by atoms with Gasteiger partial charge in [-0.2, -0.15) is 0 Å². The summed E-state index contributed by atoms with van der Waals surface area (Å²) in [6, 6.07) is 14.3. The van der Waals surface area contributed by atoms with Crippen molar-refractivity contribution < 1.29 is 10.2 Å². The Balaban J connectivity index is 0.00000180. The molecule has 6 nitrogen and oxygen atoms in total. The van der Waals surface area contributed by atoms with E-state index >= 15 is 0 Å². The minimum absolute atomic E-state index is 0. The molecular formula is C28H40Cl4N4O2. The first-order valence-electron chi connectivity index (χ1n) is 12.7. The molecule has 5 rings (SSSR count). The maximum absolute atomic E-state index is 10.2. The second-order valence-electron chi connectivity index (χ2n) is 9.68. The molecule has 0 radical (unpaired) electrons. The lowest BCUT2D eigenvalue weighted by molar-refractivity contribution is 0.145. The molecule has 1 saturated heterocycles. The van der Waals surface area contributed by atoms with Crippen LogP contribution in [0.4, 0.5) is 5.69 Å². The quantitative estimate of drug-likeness (QED) is 0.359. The van der Waals surface area contributed by atoms with Crippen molar-refractivity contribution in [3.8, 4) is 11.5 Å². The molecule has 2 aliphatic rings. The van der Waals surface area contributed by atoms with Crippen LogP contribution in [0.5, 0.6) is 11.5 Å². The van der Waals surface area contributed by atoms with Crippen molar-refractivity contribution in [1.82, 2.24) is 14.8 Å². The lowest BCUT2D eigenvalue weighted by atomic mass is 9.87. The minimum atomic E-state index is 0. The van der Waals surface area contributed by atoms with E-state index < -0.39 is 0 Å². The van der Waals surface area contributed by atoms with Crippen LogP contribution >= 0.6 is 49.6 Å². The number of phenols is 2. The molecule has 0 bridgehead atoms. The van der Waals surface area contributed by atoms with Crippen LogP contribution in [-0.4, -0.2) is 76.9 Å². The van der Waals surface area contributed by atoms with Crippen LogP contribution in [0, 0.1) is 0 Å². The molecule has 2 N–H and O–H groups in total. The van der Waals surface area contributed by atoms with E-state index in [0.29, 0.717) is 17.3 Å². The largest absolute Gasteiger partial charge is 0.508 e. The van der Waals surface area contributed by atoms with Crippen molar-refractivity contribution in [1.29, 1.82) is 0 Å². The van der Waals surface area contributed by atoms with Gasteiger partial charge in [0.25, 0.3) is 0 Å². The number of fused-ring (bicyclic) bond motifs is 2. The SMILES string of the molecule is CCCN(CCN1CCN(c2ccnc3c(O)cccc23)CC1)[C@@H]1CCc2c(O)cccc2C1.Cl.Cl.Cl.Cl. The summed E-state index contributed by atoms with van der Waals surface area (Å²) >= 11 is 0. The summed E-state index contributed by atoms with van der Waals surface area (Å²) in [5.74, 6) is 0.711. The third-order valence-electron chi connectivity index (χ3n) is 7.60. The molecule has 1 aromatic heterocycles. The monoisotopic (exact) mass is 604 g/mol. The Hall–Kier alpha value is -1.67. The minimum Gasteiger partial charge on any atom is -0.508 e. The third-order valence-corrected chi connectivity index (χ3v) is 7.60. The molecule has 0 saturated carbocycles. The van der Waals surface area contributed by atoms with Gasteiger partial charge in [0.15, 0.2) is 0 Å². The van der Waals surface area contributed by atoms with Gasteiger partial charge >= 0.3 is 0 Å². The van der Waals surface area contributed by atoms with Crippen molar-refractivity contribution >= 4 is 66.2 Å². The van der Waals surface area contributed by atoms with Gasteiger partial charge in [-0.25, -0.2) is 0 Å². The first-order valence-corrected chi connectivity index (χ1v) is 12.7. The van der Waals surface area contributed by atoms with Crippen LogP contribution in [0.3, 0.4) is 0 Å². The Labute approximate surface area is 251 Å². The van der Waals surface area contributed by atoms with Crippen molar-refractivity contribution in [2.45, 2.75) is 38.6 Å². The van der Waals surface area contributed by atoms with E-state index in [0.717, 1.165) is 81.7 Å². The number of anilines is 1. The summed E-state index contributed by atoms with van der Waals surface area (Å²) in [5, 5.41) is 21.4. The van der Waals surface area contributed by atoms with Gasteiger partial charge < -0.3 is 15.1 Å². The van der Waals surface area contributed by atoms with E-state index in [1.165, 1.54) is 12.0 Å². The number of hydrogen-bond donors (Lipinski definition) is 2. The predicted octanol–water partition coefficient (Wildman–Crippen LogP) is 5.72. The number of para-hydroxylation sites is 1. The molecular weight excluding hydrogens is 566 g/mol. The van der Waals surface area contributed by atoms with Gasteiger partial charge in [-0.15, -0.1) is 49.6 Å². The van der Waals surface area contributed by atoms with Gasteiger partial charge in [0, 0.05) is 62.6 Å². The predicted molar refractivity (Wildman–Crippen MR) is 167 cm³/mol. The molecule has 0 unspecified atom stereocenters. The molecule has 212 valence electrons. The summed E-state index contributed by atoms with van der Waals surface area (Å²) in [7, 11) is 0. The molecule has 1 aliphatic heterocycles. The van der Waals surface area contributed by atoms with Crippen LogP contribution in [0.15, 0.2) is 48.7 Å². The van der Waals surface area contributed by atoms with Gasteiger partial charge in [0.2, 0.25) is 0 Å². The van der Waals surface area contributed by atoms with Gasteiger partial charge in [-0.3, -0.25) is 14.8 Å².